The van der Waals surface area contributed by atoms with E-state index in [9.17, 15) is 4.79 Å². The fourth-order valence-corrected chi connectivity index (χ4v) is 2.25. The largest absolute Gasteiger partial charge is 0.300 e. The van der Waals surface area contributed by atoms with Crippen molar-refractivity contribution < 1.29 is 4.79 Å². The summed E-state index contributed by atoms with van der Waals surface area (Å²) >= 11 is 0. The monoisotopic (exact) mass is 232 g/mol. The zero-order chi connectivity index (χ0) is 12.8. The molecule has 1 aromatic carbocycles. The Bertz CT molecular complexity index is 379. The van der Waals surface area contributed by atoms with Gasteiger partial charge in [-0.25, -0.2) is 0 Å². The Morgan fingerprint density at radius 1 is 1.29 bits per heavy atom. The van der Waals surface area contributed by atoms with E-state index in [1.165, 1.54) is 16.7 Å². The van der Waals surface area contributed by atoms with Gasteiger partial charge in [0.25, 0.3) is 0 Å². The summed E-state index contributed by atoms with van der Waals surface area (Å²) in [7, 11) is 0. The normalized spacial score (nSPS) is 12.5. The van der Waals surface area contributed by atoms with E-state index in [2.05, 4.69) is 45.9 Å². The number of rotatable bonds is 6. The van der Waals surface area contributed by atoms with Gasteiger partial charge in [0.1, 0.15) is 5.78 Å². The highest BCUT2D eigenvalue weighted by molar-refractivity contribution is 5.78. The van der Waals surface area contributed by atoms with Crippen LogP contribution in [0.3, 0.4) is 0 Å². The van der Waals surface area contributed by atoms with E-state index in [4.69, 9.17) is 0 Å². The Morgan fingerprint density at radius 2 is 2.00 bits per heavy atom. The molecule has 0 saturated heterocycles. The minimum absolute atomic E-state index is 0.408. The van der Waals surface area contributed by atoms with Crippen molar-refractivity contribution in [3.05, 3.63) is 34.9 Å². The van der Waals surface area contributed by atoms with Crippen molar-refractivity contribution in [2.24, 2.45) is 5.92 Å². The molecule has 0 fully saturated rings. The molecule has 1 heteroatoms. The Balaban J connectivity index is 2.59. The molecule has 0 bridgehead atoms. The maximum Gasteiger partial charge on any atom is 0.133 e. The third kappa shape index (κ3) is 4.33. The standard InChI is InChI=1S/C16H24O/c1-5-7-16(17)11-12(2)10-15-9-6-8-13(3)14(15)4/h6,8-9,12H,5,7,10-11H2,1-4H3. The van der Waals surface area contributed by atoms with E-state index in [-0.39, 0.29) is 0 Å². The Kier molecular flexibility index (Phi) is 5.40. The highest BCUT2D eigenvalue weighted by Crippen LogP contribution is 2.19. The van der Waals surface area contributed by atoms with Crippen molar-refractivity contribution in [2.45, 2.75) is 53.4 Å². The van der Waals surface area contributed by atoms with Crippen LogP contribution < -0.4 is 0 Å². The van der Waals surface area contributed by atoms with Crippen LogP contribution in [0.1, 0.15) is 49.8 Å². The number of benzene rings is 1. The van der Waals surface area contributed by atoms with Crippen LogP contribution in [0.4, 0.5) is 0 Å². The minimum Gasteiger partial charge on any atom is -0.300 e. The first-order valence-electron chi connectivity index (χ1n) is 6.61. The summed E-state index contributed by atoms with van der Waals surface area (Å²) in [4.78, 5) is 11.6. The summed E-state index contributed by atoms with van der Waals surface area (Å²) in [6, 6.07) is 6.44. The lowest BCUT2D eigenvalue weighted by atomic mass is 9.91. The number of aryl methyl sites for hydroxylation is 1. The Labute approximate surface area is 105 Å². The molecule has 1 unspecified atom stereocenters. The molecule has 17 heavy (non-hydrogen) atoms. The van der Waals surface area contributed by atoms with E-state index in [1.54, 1.807) is 0 Å². The molecule has 0 aliphatic rings. The zero-order valence-corrected chi connectivity index (χ0v) is 11.5. The van der Waals surface area contributed by atoms with Gasteiger partial charge in [-0.3, -0.25) is 4.79 Å². The van der Waals surface area contributed by atoms with Crippen LogP contribution >= 0.6 is 0 Å². The van der Waals surface area contributed by atoms with Crippen molar-refractivity contribution in [1.29, 1.82) is 0 Å². The van der Waals surface area contributed by atoms with Crippen molar-refractivity contribution in [3.63, 3.8) is 0 Å². The second kappa shape index (κ2) is 6.58. The van der Waals surface area contributed by atoms with Gasteiger partial charge in [-0.15, -0.1) is 0 Å². The molecule has 0 saturated carbocycles. The SMILES string of the molecule is CCCC(=O)CC(C)Cc1cccc(C)c1C. The highest BCUT2D eigenvalue weighted by atomic mass is 16.1. The molecule has 1 atom stereocenters. The molecule has 0 heterocycles. The van der Waals surface area contributed by atoms with Gasteiger partial charge in [-0.2, -0.15) is 0 Å². The molecular formula is C16H24O. The third-order valence-electron chi connectivity index (χ3n) is 3.39. The van der Waals surface area contributed by atoms with Gasteiger partial charge < -0.3 is 0 Å². The average Bonchev–Trinajstić information content (AvgIpc) is 2.25. The van der Waals surface area contributed by atoms with Gasteiger partial charge in [0.05, 0.1) is 0 Å². The molecule has 0 amide bonds. The highest BCUT2D eigenvalue weighted by Gasteiger charge is 2.11. The maximum atomic E-state index is 11.6. The zero-order valence-electron chi connectivity index (χ0n) is 11.5. The summed E-state index contributed by atoms with van der Waals surface area (Å²) in [6.07, 6.45) is 3.44. The van der Waals surface area contributed by atoms with Gasteiger partial charge in [0.15, 0.2) is 0 Å². The molecule has 94 valence electrons. The van der Waals surface area contributed by atoms with E-state index in [1.807, 2.05) is 0 Å². The summed E-state index contributed by atoms with van der Waals surface area (Å²) in [5, 5.41) is 0. The van der Waals surface area contributed by atoms with E-state index in [0.717, 1.165) is 25.7 Å². The molecule has 0 radical (unpaired) electrons. The maximum absolute atomic E-state index is 11.6. The van der Waals surface area contributed by atoms with Crippen LogP contribution in [0.25, 0.3) is 0 Å². The van der Waals surface area contributed by atoms with Crippen LogP contribution in [0.5, 0.6) is 0 Å². The average molecular weight is 232 g/mol. The summed E-state index contributed by atoms with van der Waals surface area (Å²) in [5.74, 6) is 0.861. The predicted molar refractivity (Wildman–Crippen MR) is 73.3 cm³/mol. The van der Waals surface area contributed by atoms with Crippen LogP contribution in [-0.2, 0) is 11.2 Å². The van der Waals surface area contributed by atoms with Gasteiger partial charge >= 0.3 is 0 Å². The van der Waals surface area contributed by atoms with E-state index >= 15 is 0 Å². The summed E-state index contributed by atoms with van der Waals surface area (Å²) in [6.45, 7) is 8.56. The number of hydrogen-bond donors (Lipinski definition) is 0. The Morgan fingerprint density at radius 3 is 2.65 bits per heavy atom. The third-order valence-corrected chi connectivity index (χ3v) is 3.39. The number of carbonyl (C=O) groups excluding carboxylic acids is 1. The molecule has 0 aliphatic carbocycles. The van der Waals surface area contributed by atoms with Crippen LogP contribution in [0.15, 0.2) is 18.2 Å². The Hall–Kier alpha value is -1.11. The second-order valence-electron chi connectivity index (χ2n) is 5.16. The van der Waals surface area contributed by atoms with Crippen molar-refractivity contribution in [3.8, 4) is 0 Å². The molecule has 0 aliphatic heterocycles. The van der Waals surface area contributed by atoms with Gasteiger partial charge in [-0.05, 0) is 49.3 Å². The quantitative estimate of drug-likeness (QED) is 0.717. The van der Waals surface area contributed by atoms with Crippen molar-refractivity contribution in [1.82, 2.24) is 0 Å². The number of hydrogen-bond acceptors (Lipinski definition) is 1. The number of Topliss-reactive ketones (excluding diaryl/α,β-unsaturated/α-hetero) is 1. The van der Waals surface area contributed by atoms with Crippen molar-refractivity contribution in [2.75, 3.05) is 0 Å². The molecule has 0 N–H and O–H groups in total. The lowest BCUT2D eigenvalue weighted by Gasteiger charge is -2.13. The molecule has 1 rings (SSSR count). The van der Waals surface area contributed by atoms with Crippen molar-refractivity contribution >= 4 is 5.78 Å². The number of carbonyl (C=O) groups is 1. The smallest absolute Gasteiger partial charge is 0.133 e. The minimum atomic E-state index is 0.408. The number of ketones is 1. The van der Waals surface area contributed by atoms with E-state index < -0.39 is 0 Å². The fourth-order valence-electron chi connectivity index (χ4n) is 2.25. The molecule has 0 aromatic heterocycles. The molecular weight excluding hydrogens is 208 g/mol. The molecule has 1 nitrogen and oxygen atoms in total. The van der Waals surface area contributed by atoms with Gasteiger partial charge in [-0.1, -0.05) is 32.0 Å². The first-order valence-corrected chi connectivity index (χ1v) is 6.61. The van der Waals surface area contributed by atoms with Crippen LogP contribution in [0, 0.1) is 19.8 Å². The predicted octanol–water partition coefficient (Wildman–Crippen LogP) is 4.24. The van der Waals surface area contributed by atoms with Crippen LogP contribution in [0.2, 0.25) is 0 Å². The van der Waals surface area contributed by atoms with E-state index in [0.29, 0.717) is 11.7 Å². The molecule has 1 aromatic rings. The molecule has 0 spiro atoms. The van der Waals surface area contributed by atoms with Gasteiger partial charge in [0.2, 0.25) is 0 Å². The lowest BCUT2D eigenvalue weighted by Crippen LogP contribution is -2.08. The lowest BCUT2D eigenvalue weighted by molar-refractivity contribution is -0.119. The first-order chi connectivity index (χ1) is 8.04. The van der Waals surface area contributed by atoms with Gasteiger partial charge in [0, 0.05) is 12.8 Å². The topological polar surface area (TPSA) is 17.1 Å². The summed E-state index contributed by atoms with van der Waals surface area (Å²) in [5.41, 5.74) is 4.11. The first kappa shape index (κ1) is 14.0. The summed E-state index contributed by atoms with van der Waals surface area (Å²) < 4.78 is 0. The van der Waals surface area contributed by atoms with Crippen LogP contribution in [-0.4, -0.2) is 5.78 Å². The fraction of sp³-hybridized carbons (Fsp3) is 0.562. The second-order valence-corrected chi connectivity index (χ2v) is 5.16.